The molecule has 1 amide bonds. The van der Waals surface area contributed by atoms with Crippen LogP contribution >= 0.6 is 0 Å². The summed E-state index contributed by atoms with van der Waals surface area (Å²) in [6.45, 7) is 6.01. The van der Waals surface area contributed by atoms with Crippen LogP contribution in [-0.2, 0) is 11.3 Å². The molecule has 6 heteroatoms. The van der Waals surface area contributed by atoms with Gasteiger partial charge in [-0.1, -0.05) is 12.8 Å². The van der Waals surface area contributed by atoms with Gasteiger partial charge in [0.25, 0.3) is 5.56 Å². The highest BCUT2D eigenvalue weighted by molar-refractivity contribution is 5.77. The van der Waals surface area contributed by atoms with Crippen LogP contribution in [0.1, 0.15) is 44.7 Å². The molecule has 0 spiro atoms. The van der Waals surface area contributed by atoms with Crippen LogP contribution in [-0.4, -0.2) is 57.2 Å². The molecular weight excluding hydrogens is 304 g/mol. The van der Waals surface area contributed by atoms with E-state index in [1.54, 1.807) is 6.07 Å². The Morgan fingerprint density at radius 3 is 2.88 bits per heavy atom. The molecule has 2 fully saturated rings. The van der Waals surface area contributed by atoms with Crippen molar-refractivity contribution >= 4 is 5.91 Å². The van der Waals surface area contributed by atoms with Crippen LogP contribution in [0, 0.1) is 6.92 Å². The van der Waals surface area contributed by atoms with Crippen LogP contribution in [0.3, 0.4) is 0 Å². The van der Waals surface area contributed by atoms with E-state index in [0.29, 0.717) is 0 Å². The number of aromatic nitrogens is 2. The van der Waals surface area contributed by atoms with E-state index in [2.05, 4.69) is 24.0 Å². The van der Waals surface area contributed by atoms with Gasteiger partial charge in [0.2, 0.25) is 5.91 Å². The first-order valence-electron chi connectivity index (χ1n) is 8.97. The maximum Gasteiger partial charge on any atom is 0.267 e. The second-order valence-electron chi connectivity index (χ2n) is 7.45. The van der Waals surface area contributed by atoms with E-state index < -0.39 is 0 Å². The molecule has 0 bridgehead atoms. The van der Waals surface area contributed by atoms with E-state index in [1.165, 1.54) is 30.0 Å². The summed E-state index contributed by atoms with van der Waals surface area (Å²) < 4.78 is 1.29. The van der Waals surface area contributed by atoms with Gasteiger partial charge in [-0.15, -0.1) is 0 Å². The Hall–Kier alpha value is -1.69. The van der Waals surface area contributed by atoms with E-state index in [9.17, 15) is 9.59 Å². The van der Waals surface area contributed by atoms with Crippen molar-refractivity contribution in [1.29, 1.82) is 0 Å². The Morgan fingerprint density at radius 2 is 2.08 bits per heavy atom. The topological polar surface area (TPSA) is 58.4 Å². The van der Waals surface area contributed by atoms with Crippen LogP contribution in [0.5, 0.6) is 0 Å². The Kier molecular flexibility index (Phi) is 4.76. The third-order valence-corrected chi connectivity index (χ3v) is 5.90. The highest BCUT2D eigenvalue weighted by Crippen LogP contribution is 2.37. The standard InChI is InChI=1S/C18H28N4O2/c1-14-8-9-16(23)22(19-14)13-17(24)21-12-10-18(2)15(21)7-5-4-6-11-20(18)3/h8-9,15H,4-7,10-13H2,1-3H3/t15-,18-/m0/s1. The van der Waals surface area contributed by atoms with Gasteiger partial charge in [0.15, 0.2) is 0 Å². The van der Waals surface area contributed by atoms with Crippen molar-refractivity contribution in [2.75, 3.05) is 20.1 Å². The fourth-order valence-corrected chi connectivity index (χ4v) is 4.22. The molecule has 2 saturated heterocycles. The summed E-state index contributed by atoms with van der Waals surface area (Å²) in [5.74, 6) is 0.0119. The van der Waals surface area contributed by atoms with Crippen molar-refractivity contribution in [1.82, 2.24) is 19.6 Å². The Labute approximate surface area is 143 Å². The lowest BCUT2D eigenvalue weighted by Gasteiger charge is -2.43. The first-order valence-corrected chi connectivity index (χ1v) is 8.97. The molecule has 0 aliphatic carbocycles. The van der Waals surface area contributed by atoms with Gasteiger partial charge in [0.05, 0.1) is 5.69 Å². The molecule has 0 radical (unpaired) electrons. The van der Waals surface area contributed by atoms with Crippen LogP contribution in [0.15, 0.2) is 16.9 Å². The summed E-state index contributed by atoms with van der Waals surface area (Å²) in [4.78, 5) is 29.3. The van der Waals surface area contributed by atoms with Crippen molar-refractivity contribution in [2.24, 2.45) is 0 Å². The molecule has 3 rings (SSSR count). The monoisotopic (exact) mass is 332 g/mol. The largest absolute Gasteiger partial charge is 0.336 e. The summed E-state index contributed by atoms with van der Waals surface area (Å²) >= 11 is 0. The third-order valence-electron chi connectivity index (χ3n) is 5.90. The van der Waals surface area contributed by atoms with Crippen LogP contribution < -0.4 is 5.56 Å². The van der Waals surface area contributed by atoms with Crippen molar-refractivity contribution in [3.8, 4) is 0 Å². The zero-order valence-electron chi connectivity index (χ0n) is 15.0. The molecule has 0 N–H and O–H groups in total. The summed E-state index contributed by atoms with van der Waals surface area (Å²) in [6.07, 6.45) is 5.66. The predicted molar refractivity (Wildman–Crippen MR) is 92.9 cm³/mol. The summed E-state index contributed by atoms with van der Waals surface area (Å²) in [6, 6.07) is 3.39. The molecule has 2 aliphatic rings. The maximum atomic E-state index is 12.9. The van der Waals surface area contributed by atoms with E-state index in [1.807, 2.05) is 11.8 Å². The number of amides is 1. The summed E-state index contributed by atoms with van der Waals surface area (Å²) in [7, 11) is 2.18. The fraction of sp³-hybridized carbons (Fsp3) is 0.722. The van der Waals surface area contributed by atoms with Crippen LogP contribution in [0.2, 0.25) is 0 Å². The van der Waals surface area contributed by atoms with Gasteiger partial charge in [-0.2, -0.15) is 5.10 Å². The van der Waals surface area contributed by atoms with Gasteiger partial charge in [-0.25, -0.2) is 4.68 Å². The van der Waals surface area contributed by atoms with Crippen molar-refractivity contribution in [3.63, 3.8) is 0 Å². The number of likely N-dealkylation sites (tertiary alicyclic amines) is 2. The lowest BCUT2D eigenvalue weighted by molar-refractivity contribution is -0.134. The zero-order valence-corrected chi connectivity index (χ0v) is 15.0. The second kappa shape index (κ2) is 6.67. The lowest BCUT2D eigenvalue weighted by Crippen LogP contribution is -2.55. The molecule has 3 heterocycles. The second-order valence-corrected chi connectivity index (χ2v) is 7.45. The van der Waals surface area contributed by atoms with Crippen molar-refractivity contribution < 1.29 is 4.79 Å². The lowest BCUT2D eigenvalue weighted by atomic mass is 9.85. The number of carbonyl (C=O) groups is 1. The van der Waals surface area contributed by atoms with E-state index in [4.69, 9.17) is 0 Å². The smallest absolute Gasteiger partial charge is 0.267 e. The average Bonchev–Trinajstić information content (AvgIpc) is 2.87. The number of hydrogen-bond acceptors (Lipinski definition) is 4. The van der Waals surface area contributed by atoms with E-state index >= 15 is 0 Å². The van der Waals surface area contributed by atoms with Crippen molar-refractivity contribution in [2.45, 2.75) is 64.1 Å². The highest BCUT2D eigenvalue weighted by atomic mass is 16.2. The Bertz CT molecular complexity index is 671. The minimum atomic E-state index is -0.217. The van der Waals surface area contributed by atoms with Gasteiger partial charge in [0.1, 0.15) is 6.54 Å². The van der Waals surface area contributed by atoms with Crippen LogP contribution in [0.4, 0.5) is 0 Å². The highest BCUT2D eigenvalue weighted by Gasteiger charge is 2.48. The number of aryl methyl sites for hydroxylation is 1. The van der Waals surface area contributed by atoms with Crippen LogP contribution in [0.25, 0.3) is 0 Å². The number of fused-ring (bicyclic) bond motifs is 1. The molecule has 132 valence electrons. The van der Waals surface area contributed by atoms with Gasteiger partial charge in [0, 0.05) is 24.2 Å². The average molecular weight is 332 g/mol. The number of likely N-dealkylation sites (N-methyl/N-ethyl adjacent to an activating group) is 1. The van der Waals surface area contributed by atoms with E-state index in [-0.39, 0.29) is 29.6 Å². The van der Waals surface area contributed by atoms with Gasteiger partial charge >= 0.3 is 0 Å². The minimum Gasteiger partial charge on any atom is -0.336 e. The molecular formula is C18H28N4O2. The molecule has 1 aromatic rings. The van der Waals surface area contributed by atoms with Crippen molar-refractivity contribution in [3.05, 3.63) is 28.2 Å². The van der Waals surface area contributed by atoms with E-state index in [0.717, 1.165) is 31.6 Å². The Balaban J connectivity index is 1.80. The molecule has 0 aromatic carbocycles. The molecule has 24 heavy (non-hydrogen) atoms. The SMILES string of the molecule is Cc1ccc(=O)n(CC(=O)N2CC[C@@]3(C)[C@@H]2CCCCCN3C)n1. The van der Waals surface area contributed by atoms with Gasteiger partial charge in [-0.05, 0) is 52.8 Å². The molecule has 0 unspecified atom stereocenters. The molecule has 6 nitrogen and oxygen atoms in total. The van der Waals surface area contributed by atoms with Gasteiger partial charge < -0.3 is 4.90 Å². The third kappa shape index (κ3) is 3.11. The summed E-state index contributed by atoms with van der Waals surface area (Å²) in [5.41, 5.74) is 0.575. The van der Waals surface area contributed by atoms with Gasteiger partial charge in [-0.3, -0.25) is 14.5 Å². The molecule has 2 aliphatic heterocycles. The number of hydrogen-bond donors (Lipinski definition) is 0. The molecule has 1 aromatic heterocycles. The molecule has 0 saturated carbocycles. The normalized spacial score (nSPS) is 28.3. The quantitative estimate of drug-likeness (QED) is 0.822. The summed E-state index contributed by atoms with van der Waals surface area (Å²) in [5, 5.41) is 4.20. The zero-order chi connectivity index (χ0) is 17.3. The Morgan fingerprint density at radius 1 is 1.29 bits per heavy atom. The number of carbonyl (C=O) groups excluding carboxylic acids is 1. The first kappa shape index (κ1) is 17.1. The predicted octanol–water partition coefficient (Wildman–Crippen LogP) is 1.42. The minimum absolute atomic E-state index is 0.0119. The number of rotatable bonds is 2. The fourth-order valence-electron chi connectivity index (χ4n) is 4.22. The first-order chi connectivity index (χ1) is 11.4. The maximum absolute atomic E-state index is 12.9. The number of nitrogens with zero attached hydrogens (tertiary/aromatic N) is 4. The molecule has 2 atom stereocenters.